The molecular weight excluding hydrogens is 330 g/mol. The van der Waals surface area contributed by atoms with E-state index in [0.29, 0.717) is 28.5 Å². The summed E-state index contributed by atoms with van der Waals surface area (Å²) in [6.07, 6.45) is 2.88. The number of carbonyl (C=O) groups excluding carboxylic acids is 1. The van der Waals surface area contributed by atoms with Gasteiger partial charge in [0.1, 0.15) is 5.75 Å². The molecule has 1 aromatic heterocycles. The molecule has 2 aromatic carbocycles. The Bertz CT molecular complexity index is 947. The van der Waals surface area contributed by atoms with Gasteiger partial charge in [0.05, 0.1) is 24.3 Å². The van der Waals surface area contributed by atoms with E-state index in [-0.39, 0.29) is 5.91 Å². The number of nitrogens with one attached hydrogen (secondary N) is 2. The first-order valence-corrected chi connectivity index (χ1v) is 7.72. The second-order valence-corrected chi connectivity index (χ2v) is 5.30. The molecule has 0 saturated carbocycles. The van der Waals surface area contributed by atoms with Gasteiger partial charge >= 0.3 is 0 Å². The first-order chi connectivity index (χ1) is 12.7. The highest BCUT2D eigenvalue weighted by Gasteiger charge is 2.08. The third-order valence-electron chi connectivity index (χ3n) is 3.51. The lowest BCUT2D eigenvalue weighted by Gasteiger charge is -2.08. The topological polar surface area (TPSA) is 99.9 Å². The SMILES string of the molecule is COc1cccc(Nc2ncc(C(=O)Nc3ccc(C#N)cc3)cn2)c1. The van der Waals surface area contributed by atoms with E-state index in [1.807, 2.05) is 30.3 Å². The van der Waals surface area contributed by atoms with Crippen molar-refractivity contribution in [2.45, 2.75) is 0 Å². The zero-order valence-electron chi connectivity index (χ0n) is 13.9. The quantitative estimate of drug-likeness (QED) is 0.735. The zero-order valence-corrected chi connectivity index (χ0v) is 13.9. The van der Waals surface area contributed by atoms with E-state index in [1.54, 1.807) is 31.4 Å². The number of carbonyl (C=O) groups is 1. The van der Waals surface area contributed by atoms with Gasteiger partial charge in [-0.2, -0.15) is 5.26 Å². The van der Waals surface area contributed by atoms with E-state index >= 15 is 0 Å². The van der Waals surface area contributed by atoms with Crippen LogP contribution in [0.3, 0.4) is 0 Å². The van der Waals surface area contributed by atoms with Crippen LogP contribution >= 0.6 is 0 Å². The third kappa shape index (κ3) is 4.13. The molecule has 0 atom stereocenters. The van der Waals surface area contributed by atoms with Gasteiger partial charge in [-0.25, -0.2) is 9.97 Å². The van der Waals surface area contributed by atoms with Gasteiger partial charge in [-0.15, -0.1) is 0 Å². The molecule has 0 aliphatic rings. The number of methoxy groups -OCH3 is 1. The summed E-state index contributed by atoms with van der Waals surface area (Å²) >= 11 is 0. The Kier molecular flexibility index (Phi) is 5.05. The first kappa shape index (κ1) is 16.9. The summed E-state index contributed by atoms with van der Waals surface area (Å²) in [6, 6.07) is 16.0. The van der Waals surface area contributed by atoms with Crippen molar-refractivity contribution in [3.63, 3.8) is 0 Å². The van der Waals surface area contributed by atoms with Crippen molar-refractivity contribution in [3.8, 4) is 11.8 Å². The van der Waals surface area contributed by atoms with Gasteiger partial charge in [0.2, 0.25) is 5.95 Å². The fourth-order valence-electron chi connectivity index (χ4n) is 2.17. The second kappa shape index (κ2) is 7.77. The Morgan fingerprint density at radius 2 is 1.81 bits per heavy atom. The number of ether oxygens (including phenoxy) is 1. The highest BCUT2D eigenvalue weighted by molar-refractivity contribution is 6.03. The number of benzene rings is 2. The maximum absolute atomic E-state index is 12.2. The van der Waals surface area contributed by atoms with Gasteiger partial charge in [-0.05, 0) is 36.4 Å². The monoisotopic (exact) mass is 345 g/mol. The molecule has 0 saturated heterocycles. The Morgan fingerprint density at radius 3 is 2.46 bits per heavy atom. The van der Waals surface area contributed by atoms with Crippen molar-refractivity contribution in [1.29, 1.82) is 5.26 Å². The molecule has 0 radical (unpaired) electrons. The smallest absolute Gasteiger partial charge is 0.258 e. The van der Waals surface area contributed by atoms with Gasteiger partial charge in [0.25, 0.3) is 5.91 Å². The second-order valence-electron chi connectivity index (χ2n) is 5.30. The minimum absolute atomic E-state index is 0.325. The van der Waals surface area contributed by atoms with Crippen LogP contribution in [0.2, 0.25) is 0 Å². The van der Waals surface area contributed by atoms with Crippen molar-refractivity contribution in [2.75, 3.05) is 17.7 Å². The van der Waals surface area contributed by atoms with Crippen LogP contribution in [0, 0.1) is 11.3 Å². The number of nitriles is 1. The largest absolute Gasteiger partial charge is 0.497 e. The molecule has 1 heterocycles. The molecule has 1 amide bonds. The van der Waals surface area contributed by atoms with Crippen molar-refractivity contribution in [1.82, 2.24) is 9.97 Å². The van der Waals surface area contributed by atoms with Gasteiger partial charge in [0, 0.05) is 29.8 Å². The van der Waals surface area contributed by atoms with Crippen LogP contribution in [-0.2, 0) is 0 Å². The Morgan fingerprint density at radius 1 is 1.08 bits per heavy atom. The number of rotatable bonds is 5. The average molecular weight is 345 g/mol. The summed E-state index contributed by atoms with van der Waals surface area (Å²) in [7, 11) is 1.59. The molecule has 0 fully saturated rings. The van der Waals surface area contributed by atoms with Crippen molar-refractivity contribution in [2.24, 2.45) is 0 Å². The molecule has 7 nitrogen and oxygen atoms in total. The number of aromatic nitrogens is 2. The molecule has 0 unspecified atom stereocenters. The Labute approximate surface area is 150 Å². The van der Waals surface area contributed by atoms with Crippen LogP contribution in [0.1, 0.15) is 15.9 Å². The summed E-state index contributed by atoms with van der Waals surface area (Å²) in [5.41, 5.74) is 2.22. The molecule has 0 spiro atoms. The Balaban J connectivity index is 1.66. The summed E-state index contributed by atoms with van der Waals surface area (Å²) in [5, 5.41) is 14.6. The highest BCUT2D eigenvalue weighted by atomic mass is 16.5. The minimum atomic E-state index is -0.331. The first-order valence-electron chi connectivity index (χ1n) is 7.72. The van der Waals surface area contributed by atoms with E-state index in [2.05, 4.69) is 20.6 Å². The van der Waals surface area contributed by atoms with E-state index in [0.717, 1.165) is 5.69 Å². The molecule has 3 aromatic rings. The minimum Gasteiger partial charge on any atom is -0.497 e. The third-order valence-corrected chi connectivity index (χ3v) is 3.51. The number of hydrogen-bond donors (Lipinski definition) is 2. The van der Waals surface area contributed by atoms with E-state index < -0.39 is 0 Å². The van der Waals surface area contributed by atoms with Crippen LogP contribution in [0.4, 0.5) is 17.3 Å². The zero-order chi connectivity index (χ0) is 18.4. The van der Waals surface area contributed by atoms with E-state index in [4.69, 9.17) is 10.00 Å². The van der Waals surface area contributed by atoms with Crippen LogP contribution in [0.25, 0.3) is 0 Å². The predicted molar refractivity (Wildman–Crippen MR) is 97.4 cm³/mol. The molecule has 3 rings (SSSR count). The van der Waals surface area contributed by atoms with Crippen molar-refractivity contribution < 1.29 is 9.53 Å². The molecule has 128 valence electrons. The molecule has 0 bridgehead atoms. The lowest BCUT2D eigenvalue weighted by molar-refractivity contribution is 0.102. The fraction of sp³-hybridized carbons (Fsp3) is 0.0526. The summed E-state index contributed by atoms with van der Waals surface area (Å²) in [5.74, 6) is 0.754. The van der Waals surface area contributed by atoms with Crippen LogP contribution in [0.15, 0.2) is 60.9 Å². The molecular formula is C19H15N5O2. The number of amides is 1. The van der Waals surface area contributed by atoms with Gasteiger partial charge in [0.15, 0.2) is 0 Å². The number of anilines is 3. The lowest BCUT2D eigenvalue weighted by Crippen LogP contribution is -2.13. The van der Waals surface area contributed by atoms with Crippen molar-refractivity contribution in [3.05, 3.63) is 72.1 Å². The molecule has 0 aliphatic heterocycles. The van der Waals surface area contributed by atoms with Gasteiger partial charge < -0.3 is 15.4 Å². The predicted octanol–water partition coefficient (Wildman–Crippen LogP) is 3.35. The lowest BCUT2D eigenvalue weighted by atomic mass is 10.2. The molecule has 26 heavy (non-hydrogen) atoms. The van der Waals surface area contributed by atoms with Crippen LogP contribution < -0.4 is 15.4 Å². The normalized spacial score (nSPS) is 9.85. The molecule has 2 N–H and O–H groups in total. The number of nitrogens with zero attached hydrogens (tertiary/aromatic N) is 3. The molecule has 7 heteroatoms. The summed E-state index contributed by atoms with van der Waals surface area (Å²) in [4.78, 5) is 20.5. The van der Waals surface area contributed by atoms with E-state index in [1.165, 1.54) is 12.4 Å². The van der Waals surface area contributed by atoms with Gasteiger partial charge in [-0.1, -0.05) is 6.07 Å². The average Bonchev–Trinajstić information content (AvgIpc) is 2.69. The van der Waals surface area contributed by atoms with Crippen LogP contribution in [0.5, 0.6) is 5.75 Å². The standard InChI is InChI=1S/C19H15N5O2/c1-26-17-4-2-3-16(9-17)24-19-21-11-14(12-22-19)18(25)23-15-7-5-13(10-20)6-8-15/h2-9,11-12H,1H3,(H,23,25)(H,21,22,24). The molecule has 0 aliphatic carbocycles. The Hall–Kier alpha value is -3.92. The maximum atomic E-state index is 12.2. The summed E-state index contributed by atoms with van der Waals surface area (Å²) < 4.78 is 5.16. The van der Waals surface area contributed by atoms with E-state index in [9.17, 15) is 4.79 Å². The summed E-state index contributed by atoms with van der Waals surface area (Å²) in [6.45, 7) is 0. The fourth-order valence-corrected chi connectivity index (χ4v) is 2.17. The van der Waals surface area contributed by atoms with Crippen LogP contribution in [-0.4, -0.2) is 23.0 Å². The number of hydrogen-bond acceptors (Lipinski definition) is 6. The van der Waals surface area contributed by atoms with Gasteiger partial charge in [-0.3, -0.25) is 4.79 Å². The maximum Gasteiger partial charge on any atom is 0.258 e. The highest BCUT2D eigenvalue weighted by Crippen LogP contribution is 2.19. The van der Waals surface area contributed by atoms with Crippen molar-refractivity contribution >= 4 is 23.2 Å².